The molecule has 0 fully saturated rings. The SMILES string of the molecule is CCOC(=O)[C@H]1C(=O)Nc2nc3ccccc3n2[C@H]1c1ccc(OC)c(O)c1. The molecule has 2 N–H and O–H groups in total. The van der Waals surface area contributed by atoms with Gasteiger partial charge < -0.3 is 19.1 Å². The third-order valence-electron chi connectivity index (χ3n) is 4.79. The van der Waals surface area contributed by atoms with E-state index in [0.29, 0.717) is 22.8 Å². The van der Waals surface area contributed by atoms with Crippen molar-refractivity contribution in [3.63, 3.8) is 0 Å². The van der Waals surface area contributed by atoms with Crippen molar-refractivity contribution < 1.29 is 24.2 Å². The summed E-state index contributed by atoms with van der Waals surface area (Å²) >= 11 is 0. The largest absolute Gasteiger partial charge is 0.504 e. The number of methoxy groups -OCH3 is 1. The van der Waals surface area contributed by atoms with Gasteiger partial charge >= 0.3 is 5.97 Å². The van der Waals surface area contributed by atoms with Crippen LogP contribution in [-0.4, -0.2) is 40.3 Å². The van der Waals surface area contributed by atoms with Gasteiger partial charge in [-0.2, -0.15) is 0 Å². The Kier molecular flexibility index (Phi) is 4.38. The zero-order valence-corrected chi connectivity index (χ0v) is 15.4. The topological polar surface area (TPSA) is 103 Å². The Morgan fingerprint density at radius 3 is 2.79 bits per heavy atom. The number of benzene rings is 2. The summed E-state index contributed by atoms with van der Waals surface area (Å²) in [6.45, 7) is 1.84. The van der Waals surface area contributed by atoms with Gasteiger partial charge in [0.2, 0.25) is 11.9 Å². The first-order valence-corrected chi connectivity index (χ1v) is 8.86. The Balaban J connectivity index is 1.95. The zero-order valence-electron chi connectivity index (χ0n) is 15.4. The third kappa shape index (κ3) is 2.74. The lowest BCUT2D eigenvalue weighted by Gasteiger charge is -2.32. The standard InChI is InChI=1S/C20H19N3O5/c1-3-28-19(26)16-17(11-8-9-15(27-2)14(24)10-11)23-13-7-5-4-6-12(13)21-20(23)22-18(16)25/h4-10,16-17,24H,3H2,1-2H3,(H,21,22,25)/t16-,17+/m1/s1. The molecule has 28 heavy (non-hydrogen) atoms. The second-order valence-corrected chi connectivity index (χ2v) is 6.39. The molecule has 1 amide bonds. The summed E-state index contributed by atoms with van der Waals surface area (Å²) in [6, 6.07) is 11.5. The van der Waals surface area contributed by atoms with E-state index in [1.54, 1.807) is 23.6 Å². The number of fused-ring (bicyclic) bond motifs is 3. The minimum atomic E-state index is -1.13. The first-order valence-electron chi connectivity index (χ1n) is 8.86. The van der Waals surface area contributed by atoms with E-state index in [2.05, 4.69) is 10.3 Å². The first-order chi connectivity index (χ1) is 13.5. The van der Waals surface area contributed by atoms with Crippen molar-refractivity contribution in [2.75, 3.05) is 19.0 Å². The molecule has 0 aliphatic carbocycles. The number of ether oxygens (including phenoxy) is 2. The van der Waals surface area contributed by atoms with Gasteiger partial charge in [-0.15, -0.1) is 0 Å². The van der Waals surface area contributed by atoms with Crippen LogP contribution in [0.3, 0.4) is 0 Å². The fraction of sp³-hybridized carbons (Fsp3) is 0.250. The maximum atomic E-state index is 12.8. The lowest BCUT2D eigenvalue weighted by molar-refractivity contribution is -0.152. The van der Waals surface area contributed by atoms with E-state index in [1.807, 2.05) is 24.3 Å². The number of para-hydroxylation sites is 2. The van der Waals surface area contributed by atoms with Crippen LogP contribution in [0, 0.1) is 5.92 Å². The minimum Gasteiger partial charge on any atom is -0.504 e. The normalized spacial score (nSPS) is 18.4. The molecule has 1 aliphatic heterocycles. The minimum absolute atomic E-state index is 0.0837. The highest BCUT2D eigenvalue weighted by molar-refractivity contribution is 6.07. The number of carbonyl (C=O) groups is 2. The number of phenolic OH excluding ortho intramolecular Hbond substituents is 1. The summed E-state index contributed by atoms with van der Waals surface area (Å²) in [5, 5.41) is 13.0. The van der Waals surface area contributed by atoms with Gasteiger partial charge in [-0.3, -0.25) is 14.9 Å². The summed E-state index contributed by atoms with van der Waals surface area (Å²) in [5.41, 5.74) is 2.01. The smallest absolute Gasteiger partial charge is 0.321 e. The van der Waals surface area contributed by atoms with Crippen LogP contribution in [0.25, 0.3) is 11.0 Å². The number of aromatic nitrogens is 2. The van der Waals surface area contributed by atoms with Crippen molar-refractivity contribution in [2.45, 2.75) is 13.0 Å². The maximum absolute atomic E-state index is 12.8. The Bertz CT molecular complexity index is 1070. The third-order valence-corrected chi connectivity index (χ3v) is 4.79. The predicted octanol–water partition coefficient (Wildman–Crippen LogP) is 2.47. The number of hydrogen-bond donors (Lipinski definition) is 2. The van der Waals surface area contributed by atoms with Crippen molar-refractivity contribution in [3.05, 3.63) is 48.0 Å². The summed E-state index contributed by atoms with van der Waals surface area (Å²) in [5.74, 6) is -1.71. The number of nitrogens with zero attached hydrogens (tertiary/aromatic N) is 2. The van der Waals surface area contributed by atoms with Crippen LogP contribution in [0.2, 0.25) is 0 Å². The molecule has 0 saturated heterocycles. The number of esters is 1. The van der Waals surface area contributed by atoms with Gasteiger partial charge in [-0.1, -0.05) is 18.2 Å². The molecule has 3 aromatic rings. The second kappa shape index (κ2) is 6.88. The molecule has 0 bridgehead atoms. The Labute approximate surface area is 160 Å². The van der Waals surface area contributed by atoms with Gasteiger partial charge in [0.15, 0.2) is 17.4 Å². The van der Waals surface area contributed by atoms with Crippen LogP contribution in [0.5, 0.6) is 11.5 Å². The maximum Gasteiger partial charge on any atom is 0.321 e. The Morgan fingerprint density at radius 1 is 1.29 bits per heavy atom. The molecule has 1 aliphatic rings. The van der Waals surface area contributed by atoms with Gasteiger partial charge in [0.25, 0.3) is 0 Å². The highest BCUT2D eigenvalue weighted by Crippen LogP contribution is 2.40. The molecule has 2 heterocycles. The van der Waals surface area contributed by atoms with Crippen molar-refractivity contribution in [2.24, 2.45) is 5.92 Å². The first kappa shape index (κ1) is 17.8. The number of imidazole rings is 1. The lowest BCUT2D eigenvalue weighted by atomic mass is 9.90. The van der Waals surface area contributed by atoms with E-state index < -0.39 is 23.8 Å². The number of phenols is 1. The van der Waals surface area contributed by atoms with Crippen molar-refractivity contribution in [1.82, 2.24) is 9.55 Å². The van der Waals surface area contributed by atoms with E-state index in [4.69, 9.17) is 9.47 Å². The van der Waals surface area contributed by atoms with Crippen LogP contribution in [0.15, 0.2) is 42.5 Å². The number of hydrogen-bond acceptors (Lipinski definition) is 6. The molecule has 4 rings (SSSR count). The second-order valence-electron chi connectivity index (χ2n) is 6.39. The van der Waals surface area contributed by atoms with Crippen LogP contribution >= 0.6 is 0 Å². The summed E-state index contributed by atoms with van der Waals surface area (Å²) < 4.78 is 12.1. The van der Waals surface area contributed by atoms with Gasteiger partial charge in [0.1, 0.15) is 0 Å². The van der Waals surface area contributed by atoms with Gasteiger partial charge in [-0.05, 0) is 36.8 Å². The molecule has 144 valence electrons. The van der Waals surface area contributed by atoms with Crippen LogP contribution in [-0.2, 0) is 14.3 Å². The molecule has 0 unspecified atom stereocenters. The van der Waals surface area contributed by atoms with Gasteiger partial charge in [0, 0.05) is 0 Å². The highest BCUT2D eigenvalue weighted by Gasteiger charge is 2.44. The molecule has 8 nitrogen and oxygen atoms in total. The average Bonchev–Trinajstić information content (AvgIpc) is 3.04. The fourth-order valence-electron chi connectivity index (χ4n) is 3.60. The average molecular weight is 381 g/mol. The number of carbonyl (C=O) groups excluding carboxylic acids is 2. The summed E-state index contributed by atoms with van der Waals surface area (Å²) in [6.07, 6.45) is 0. The lowest BCUT2D eigenvalue weighted by Crippen LogP contribution is -2.43. The number of rotatable bonds is 4. The van der Waals surface area contributed by atoms with E-state index in [-0.39, 0.29) is 12.4 Å². The summed E-state index contributed by atoms with van der Waals surface area (Å²) in [7, 11) is 1.45. The van der Waals surface area contributed by atoms with E-state index in [1.165, 1.54) is 13.2 Å². The fourth-order valence-corrected chi connectivity index (χ4v) is 3.60. The molecule has 0 saturated carbocycles. The highest BCUT2D eigenvalue weighted by atomic mass is 16.5. The van der Waals surface area contributed by atoms with E-state index in [0.717, 1.165) is 5.52 Å². The van der Waals surface area contributed by atoms with Crippen LogP contribution in [0.1, 0.15) is 18.5 Å². The number of aromatic hydroxyl groups is 1. The molecule has 0 radical (unpaired) electrons. The van der Waals surface area contributed by atoms with Gasteiger partial charge in [-0.25, -0.2) is 4.98 Å². The van der Waals surface area contributed by atoms with E-state index >= 15 is 0 Å². The molecular formula is C20H19N3O5. The molecule has 1 aromatic heterocycles. The molecular weight excluding hydrogens is 362 g/mol. The Morgan fingerprint density at radius 2 is 2.07 bits per heavy atom. The van der Waals surface area contributed by atoms with Crippen molar-refractivity contribution >= 4 is 28.9 Å². The predicted molar refractivity (Wildman–Crippen MR) is 101 cm³/mol. The number of nitrogens with one attached hydrogen (secondary N) is 1. The molecule has 0 spiro atoms. The van der Waals surface area contributed by atoms with Crippen LogP contribution in [0.4, 0.5) is 5.95 Å². The quantitative estimate of drug-likeness (QED) is 0.532. The summed E-state index contributed by atoms with van der Waals surface area (Å²) in [4.78, 5) is 29.9. The molecule has 2 atom stereocenters. The molecule has 8 heteroatoms. The van der Waals surface area contributed by atoms with Crippen molar-refractivity contribution in [1.29, 1.82) is 0 Å². The number of amides is 1. The van der Waals surface area contributed by atoms with E-state index in [9.17, 15) is 14.7 Å². The zero-order chi connectivity index (χ0) is 19.8. The Hall–Kier alpha value is -3.55. The monoisotopic (exact) mass is 381 g/mol. The van der Waals surface area contributed by atoms with Crippen molar-refractivity contribution in [3.8, 4) is 11.5 Å². The molecule has 2 aromatic carbocycles. The van der Waals surface area contributed by atoms with Gasteiger partial charge in [0.05, 0.1) is 30.8 Å². The number of anilines is 1. The van der Waals surface area contributed by atoms with Crippen LogP contribution < -0.4 is 10.1 Å².